The average molecular weight is 314 g/mol. The van der Waals surface area contributed by atoms with Gasteiger partial charge >= 0.3 is 0 Å². The number of fused-ring (bicyclic) bond motifs is 1. The molecule has 1 saturated heterocycles. The van der Waals surface area contributed by atoms with Gasteiger partial charge in [-0.1, -0.05) is 23.2 Å². The Morgan fingerprint density at radius 2 is 2.15 bits per heavy atom. The van der Waals surface area contributed by atoms with Crippen molar-refractivity contribution in [3.8, 4) is 0 Å². The van der Waals surface area contributed by atoms with Crippen molar-refractivity contribution in [2.45, 2.75) is 38.3 Å². The van der Waals surface area contributed by atoms with Crippen LogP contribution in [-0.2, 0) is 22.5 Å². The molecule has 1 unspecified atom stereocenters. The van der Waals surface area contributed by atoms with Crippen molar-refractivity contribution in [1.82, 2.24) is 4.90 Å². The Bertz CT molecular complexity index is 527. The first kappa shape index (κ1) is 14.2. The minimum absolute atomic E-state index is 0.0985. The maximum atomic E-state index is 12.5. The lowest BCUT2D eigenvalue weighted by Crippen LogP contribution is -2.44. The first-order valence-corrected chi connectivity index (χ1v) is 7.78. The highest BCUT2D eigenvalue weighted by atomic mass is 35.5. The van der Waals surface area contributed by atoms with Gasteiger partial charge in [0.05, 0.1) is 0 Å². The van der Waals surface area contributed by atoms with Crippen LogP contribution in [0.25, 0.3) is 0 Å². The van der Waals surface area contributed by atoms with E-state index in [0.717, 1.165) is 36.8 Å². The maximum Gasteiger partial charge on any atom is 0.252 e. The summed E-state index contributed by atoms with van der Waals surface area (Å²) >= 11 is 12.3. The molecule has 20 heavy (non-hydrogen) atoms. The molecule has 1 amide bonds. The van der Waals surface area contributed by atoms with Gasteiger partial charge in [-0.15, -0.1) is 0 Å². The second-order valence-corrected chi connectivity index (χ2v) is 6.23. The van der Waals surface area contributed by atoms with E-state index in [1.807, 2.05) is 11.0 Å². The fourth-order valence-electron chi connectivity index (χ4n) is 2.91. The highest BCUT2D eigenvalue weighted by molar-refractivity contribution is 6.35. The highest BCUT2D eigenvalue weighted by Crippen LogP contribution is 2.30. The molecular weight excluding hydrogens is 297 g/mol. The zero-order chi connectivity index (χ0) is 14.1. The van der Waals surface area contributed by atoms with Crippen molar-refractivity contribution in [3.05, 3.63) is 33.3 Å². The number of rotatable bonds is 1. The van der Waals surface area contributed by atoms with Gasteiger partial charge in [-0.3, -0.25) is 4.79 Å². The lowest BCUT2D eigenvalue weighted by Gasteiger charge is -2.33. The molecule has 0 saturated carbocycles. The molecule has 0 bridgehead atoms. The average Bonchev–Trinajstić information content (AvgIpc) is 2.47. The first-order chi connectivity index (χ1) is 9.65. The van der Waals surface area contributed by atoms with Crippen LogP contribution >= 0.6 is 23.2 Å². The molecule has 3 nitrogen and oxygen atoms in total. The Labute approximate surface area is 128 Å². The lowest BCUT2D eigenvalue weighted by atomic mass is 9.98. The van der Waals surface area contributed by atoms with E-state index in [2.05, 4.69) is 0 Å². The van der Waals surface area contributed by atoms with Crippen molar-refractivity contribution in [1.29, 1.82) is 0 Å². The number of nitrogens with zero attached hydrogens (tertiary/aromatic N) is 1. The summed E-state index contributed by atoms with van der Waals surface area (Å²) in [6, 6.07) is 3.69. The van der Waals surface area contributed by atoms with Crippen LogP contribution in [0.4, 0.5) is 0 Å². The number of carbonyl (C=O) groups excluding carboxylic acids is 1. The Morgan fingerprint density at radius 3 is 2.90 bits per heavy atom. The molecule has 1 atom stereocenters. The largest absolute Gasteiger partial charge is 0.368 e. The third-order valence-corrected chi connectivity index (χ3v) is 4.57. The second kappa shape index (κ2) is 5.92. The molecule has 0 N–H and O–H groups in total. The quantitative estimate of drug-likeness (QED) is 0.794. The summed E-state index contributed by atoms with van der Waals surface area (Å²) < 4.78 is 5.58. The summed E-state index contributed by atoms with van der Waals surface area (Å²) in [5, 5.41) is 1.30. The number of halogens is 2. The third kappa shape index (κ3) is 2.80. The SMILES string of the molecule is O=C(C1CCCCO1)N1CCc2cc(Cl)cc(Cl)c2C1. The predicted molar refractivity (Wildman–Crippen MR) is 79.2 cm³/mol. The van der Waals surface area contributed by atoms with Crippen molar-refractivity contribution < 1.29 is 9.53 Å². The van der Waals surface area contributed by atoms with E-state index in [0.29, 0.717) is 29.7 Å². The van der Waals surface area contributed by atoms with Crippen molar-refractivity contribution in [3.63, 3.8) is 0 Å². The zero-order valence-corrected chi connectivity index (χ0v) is 12.7. The van der Waals surface area contributed by atoms with Crippen molar-refractivity contribution in [2.24, 2.45) is 0 Å². The fraction of sp³-hybridized carbons (Fsp3) is 0.533. The van der Waals surface area contributed by atoms with E-state index >= 15 is 0 Å². The van der Waals surface area contributed by atoms with Crippen LogP contribution in [0.15, 0.2) is 12.1 Å². The van der Waals surface area contributed by atoms with Gasteiger partial charge in [-0.05, 0) is 48.9 Å². The summed E-state index contributed by atoms with van der Waals surface area (Å²) in [7, 11) is 0. The minimum atomic E-state index is -0.267. The van der Waals surface area contributed by atoms with Gasteiger partial charge in [0.2, 0.25) is 0 Å². The normalized spacial score (nSPS) is 22.5. The second-order valence-electron chi connectivity index (χ2n) is 5.39. The highest BCUT2D eigenvalue weighted by Gasteiger charge is 2.30. The van der Waals surface area contributed by atoms with Gasteiger partial charge in [0, 0.05) is 29.7 Å². The van der Waals surface area contributed by atoms with Crippen LogP contribution in [0.1, 0.15) is 30.4 Å². The number of benzene rings is 1. The molecule has 108 valence electrons. The molecule has 1 aromatic rings. The molecule has 2 heterocycles. The van der Waals surface area contributed by atoms with Crippen LogP contribution < -0.4 is 0 Å². The Kier molecular flexibility index (Phi) is 4.20. The molecule has 0 spiro atoms. The number of hydrogen-bond acceptors (Lipinski definition) is 2. The van der Waals surface area contributed by atoms with E-state index in [1.54, 1.807) is 6.07 Å². The molecule has 0 radical (unpaired) electrons. The molecular formula is C15H17Cl2NO2. The van der Waals surface area contributed by atoms with E-state index in [9.17, 15) is 4.79 Å². The summed E-state index contributed by atoms with van der Waals surface area (Å²) in [5.41, 5.74) is 2.17. The molecule has 3 rings (SSSR count). The van der Waals surface area contributed by atoms with E-state index < -0.39 is 0 Å². The summed E-state index contributed by atoms with van der Waals surface area (Å²) in [6.45, 7) is 1.96. The fourth-order valence-corrected chi connectivity index (χ4v) is 3.50. The molecule has 0 aromatic heterocycles. The monoisotopic (exact) mass is 313 g/mol. The van der Waals surface area contributed by atoms with Gasteiger partial charge in [-0.2, -0.15) is 0 Å². The smallest absolute Gasteiger partial charge is 0.252 e. The molecule has 1 fully saturated rings. The maximum absolute atomic E-state index is 12.5. The predicted octanol–water partition coefficient (Wildman–Crippen LogP) is 3.45. The number of ether oxygens (including phenoxy) is 1. The zero-order valence-electron chi connectivity index (χ0n) is 11.2. The van der Waals surface area contributed by atoms with Crippen LogP contribution in [0, 0.1) is 0 Å². The van der Waals surface area contributed by atoms with Gasteiger partial charge in [-0.25, -0.2) is 0 Å². The van der Waals surface area contributed by atoms with Gasteiger partial charge in [0.1, 0.15) is 6.10 Å². The summed E-state index contributed by atoms with van der Waals surface area (Å²) in [6.07, 6.45) is 3.48. The number of amides is 1. The number of carbonyl (C=O) groups is 1. The molecule has 5 heteroatoms. The Morgan fingerprint density at radius 1 is 1.30 bits per heavy atom. The van der Waals surface area contributed by atoms with E-state index in [4.69, 9.17) is 27.9 Å². The Balaban J connectivity index is 1.76. The van der Waals surface area contributed by atoms with Gasteiger partial charge in [0.25, 0.3) is 5.91 Å². The van der Waals surface area contributed by atoms with Crippen LogP contribution in [-0.4, -0.2) is 30.1 Å². The van der Waals surface area contributed by atoms with Crippen molar-refractivity contribution in [2.75, 3.05) is 13.2 Å². The molecule has 0 aliphatic carbocycles. The molecule has 1 aromatic carbocycles. The minimum Gasteiger partial charge on any atom is -0.368 e. The van der Waals surface area contributed by atoms with Crippen LogP contribution in [0.5, 0.6) is 0 Å². The topological polar surface area (TPSA) is 29.5 Å². The van der Waals surface area contributed by atoms with Crippen LogP contribution in [0.3, 0.4) is 0 Å². The van der Waals surface area contributed by atoms with Crippen LogP contribution in [0.2, 0.25) is 10.0 Å². The van der Waals surface area contributed by atoms with E-state index in [1.165, 1.54) is 0 Å². The third-order valence-electron chi connectivity index (χ3n) is 4.02. The Hall–Kier alpha value is -0.770. The van der Waals surface area contributed by atoms with Gasteiger partial charge < -0.3 is 9.64 Å². The molecule has 2 aliphatic heterocycles. The number of hydrogen-bond donors (Lipinski definition) is 0. The summed E-state index contributed by atoms with van der Waals surface area (Å²) in [5.74, 6) is 0.0985. The summed E-state index contributed by atoms with van der Waals surface area (Å²) in [4.78, 5) is 14.3. The van der Waals surface area contributed by atoms with E-state index in [-0.39, 0.29) is 12.0 Å². The standard InChI is InChI=1S/C15H17Cl2NO2/c16-11-7-10-4-5-18(9-12(10)13(17)8-11)15(19)14-3-1-2-6-20-14/h7-8,14H,1-6,9H2. The van der Waals surface area contributed by atoms with Gasteiger partial charge in [0.15, 0.2) is 0 Å². The molecule has 2 aliphatic rings. The lowest BCUT2D eigenvalue weighted by molar-refractivity contribution is -0.147. The first-order valence-electron chi connectivity index (χ1n) is 7.02. The van der Waals surface area contributed by atoms with Crippen molar-refractivity contribution >= 4 is 29.1 Å².